The van der Waals surface area contributed by atoms with E-state index in [-0.39, 0.29) is 0 Å². The number of thiophene rings is 1. The SMILES string of the molecule is CCNc1nc(-c2ccc(C)s2)nc2ccc(Br)cc12. The van der Waals surface area contributed by atoms with E-state index in [2.05, 4.69) is 63.3 Å². The molecule has 0 aliphatic rings. The van der Waals surface area contributed by atoms with Crippen molar-refractivity contribution in [3.05, 3.63) is 39.7 Å². The van der Waals surface area contributed by atoms with E-state index in [1.54, 1.807) is 11.3 Å². The minimum atomic E-state index is 0.786. The average molecular weight is 348 g/mol. The van der Waals surface area contributed by atoms with Gasteiger partial charge in [-0.15, -0.1) is 11.3 Å². The summed E-state index contributed by atoms with van der Waals surface area (Å²) in [4.78, 5) is 11.7. The fraction of sp³-hybridized carbons (Fsp3) is 0.200. The number of nitrogens with one attached hydrogen (secondary N) is 1. The number of benzene rings is 1. The standard InChI is InChI=1S/C15H14BrN3S/c1-3-17-14-11-8-10(16)5-6-12(11)18-15(19-14)13-7-4-9(2)20-13/h4-8H,3H2,1-2H3,(H,17,18,19). The van der Waals surface area contributed by atoms with Crippen LogP contribution in [0.25, 0.3) is 21.6 Å². The van der Waals surface area contributed by atoms with Gasteiger partial charge in [-0.2, -0.15) is 0 Å². The Hall–Kier alpha value is -1.46. The average Bonchev–Trinajstić information content (AvgIpc) is 2.86. The number of aromatic nitrogens is 2. The summed E-state index contributed by atoms with van der Waals surface area (Å²) in [5, 5.41) is 4.37. The van der Waals surface area contributed by atoms with Crippen molar-refractivity contribution in [2.24, 2.45) is 0 Å². The van der Waals surface area contributed by atoms with Gasteiger partial charge in [-0.25, -0.2) is 9.97 Å². The maximum absolute atomic E-state index is 4.68. The number of rotatable bonds is 3. The van der Waals surface area contributed by atoms with Crippen LogP contribution in [0.5, 0.6) is 0 Å². The number of anilines is 1. The minimum Gasteiger partial charge on any atom is -0.370 e. The first-order valence-electron chi connectivity index (χ1n) is 6.45. The van der Waals surface area contributed by atoms with Crippen molar-refractivity contribution in [1.29, 1.82) is 0 Å². The van der Waals surface area contributed by atoms with Crippen LogP contribution in [-0.4, -0.2) is 16.5 Å². The normalized spacial score (nSPS) is 10.9. The highest BCUT2D eigenvalue weighted by Crippen LogP contribution is 2.30. The molecule has 0 atom stereocenters. The molecule has 3 rings (SSSR count). The first-order valence-corrected chi connectivity index (χ1v) is 8.06. The van der Waals surface area contributed by atoms with E-state index in [1.807, 2.05) is 12.1 Å². The van der Waals surface area contributed by atoms with Crippen molar-refractivity contribution >= 4 is 44.0 Å². The van der Waals surface area contributed by atoms with Crippen LogP contribution in [0.2, 0.25) is 0 Å². The smallest absolute Gasteiger partial charge is 0.172 e. The quantitative estimate of drug-likeness (QED) is 0.734. The molecule has 0 unspecified atom stereocenters. The Balaban J connectivity index is 2.22. The number of nitrogens with zero attached hydrogens (tertiary/aromatic N) is 2. The third kappa shape index (κ3) is 2.55. The lowest BCUT2D eigenvalue weighted by Crippen LogP contribution is -2.02. The molecule has 1 N–H and O–H groups in total. The molecule has 0 saturated heterocycles. The van der Waals surface area contributed by atoms with Gasteiger partial charge in [0.05, 0.1) is 10.4 Å². The second-order valence-electron chi connectivity index (χ2n) is 4.50. The molecule has 102 valence electrons. The van der Waals surface area contributed by atoms with Crippen molar-refractivity contribution in [3.8, 4) is 10.7 Å². The highest BCUT2D eigenvalue weighted by Gasteiger charge is 2.10. The largest absolute Gasteiger partial charge is 0.370 e. The summed E-state index contributed by atoms with van der Waals surface area (Å²) in [5.41, 5.74) is 0.959. The summed E-state index contributed by atoms with van der Waals surface area (Å²) in [6.45, 7) is 5.00. The van der Waals surface area contributed by atoms with Gasteiger partial charge in [-0.3, -0.25) is 0 Å². The fourth-order valence-corrected chi connectivity index (χ4v) is 3.23. The van der Waals surface area contributed by atoms with Crippen LogP contribution in [-0.2, 0) is 0 Å². The molecular weight excluding hydrogens is 334 g/mol. The van der Waals surface area contributed by atoms with Gasteiger partial charge in [-0.05, 0) is 44.2 Å². The molecule has 0 amide bonds. The minimum absolute atomic E-state index is 0.786. The Kier molecular flexibility index (Phi) is 3.72. The second-order valence-corrected chi connectivity index (χ2v) is 6.70. The summed E-state index contributed by atoms with van der Waals surface area (Å²) in [7, 11) is 0. The predicted octanol–water partition coefficient (Wildman–Crippen LogP) is 4.86. The molecule has 0 bridgehead atoms. The zero-order valence-electron chi connectivity index (χ0n) is 11.3. The Morgan fingerprint density at radius 3 is 2.75 bits per heavy atom. The molecule has 0 saturated carbocycles. The van der Waals surface area contributed by atoms with Crippen LogP contribution in [0.4, 0.5) is 5.82 Å². The highest BCUT2D eigenvalue weighted by atomic mass is 79.9. The molecule has 20 heavy (non-hydrogen) atoms. The summed E-state index contributed by atoms with van der Waals surface area (Å²) in [6, 6.07) is 10.3. The third-order valence-corrected chi connectivity index (χ3v) is 4.45. The van der Waals surface area contributed by atoms with Gasteiger partial charge in [0.15, 0.2) is 5.82 Å². The van der Waals surface area contributed by atoms with Gasteiger partial charge in [0.2, 0.25) is 0 Å². The lowest BCUT2D eigenvalue weighted by Gasteiger charge is -2.09. The van der Waals surface area contributed by atoms with E-state index in [4.69, 9.17) is 0 Å². The zero-order chi connectivity index (χ0) is 14.1. The lowest BCUT2D eigenvalue weighted by molar-refractivity contribution is 1.15. The van der Waals surface area contributed by atoms with E-state index >= 15 is 0 Å². The van der Waals surface area contributed by atoms with Crippen LogP contribution in [0.15, 0.2) is 34.8 Å². The van der Waals surface area contributed by atoms with Crippen LogP contribution < -0.4 is 5.32 Å². The van der Waals surface area contributed by atoms with Crippen LogP contribution in [0.1, 0.15) is 11.8 Å². The molecule has 2 aromatic heterocycles. The van der Waals surface area contributed by atoms with Gasteiger partial charge in [-0.1, -0.05) is 15.9 Å². The van der Waals surface area contributed by atoms with Crippen molar-refractivity contribution in [3.63, 3.8) is 0 Å². The van der Waals surface area contributed by atoms with Crippen molar-refractivity contribution in [2.45, 2.75) is 13.8 Å². The number of hydrogen-bond acceptors (Lipinski definition) is 4. The van der Waals surface area contributed by atoms with Crippen molar-refractivity contribution < 1.29 is 0 Å². The maximum atomic E-state index is 4.68. The first kappa shape index (κ1) is 13.5. The van der Waals surface area contributed by atoms with E-state index in [0.29, 0.717) is 0 Å². The zero-order valence-corrected chi connectivity index (χ0v) is 13.7. The predicted molar refractivity (Wildman–Crippen MR) is 89.5 cm³/mol. The molecule has 0 aliphatic carbocycles. The molecule has 3 nitrogen and oxygen atoms in total. The number of halogens is 1. The van der Waals surface area contributed by atoms with E-state index in [1.165, 1.54) is 4.88 Å². The molecule has 2 heterocycles. The Morgan fingerprint density at radius 1 is 1.20 bits per heavy atom. The molecule has 5 heteroatoms. The topological polar surface area (TPSA) is 37.8 Å². The molecule has 0 radical (unpaired) electrons. The molecule has 0 fully saturated rings. The van der Waals surface area contributed by atoms with Gasteiger partial charge < -0.3 is 5.32 Å². The second kappa shape index (κ2) is 5.50. The maximum Gasteiger partial charge on any atom is 0.172 e. The molecular formula is C15H14BrN3S. The summed E-state index contributed by atoms with van der Waals surface area (Å²) < 4.78 is 1.03. The summed E-state index contributed by atoms with van der Waals surface area (Å²) in [6.07, 6.45) is 0. The van der Waals surface area contributed by atoms with Crippen LogP contribution in [0, 0.1) is 6.92 Å². The van der Waals surface area contributed by atoms with Gasteiger partial charge >= 0.3 is 0 Å². The Labute approximate surface area is 130 Å². The Morgan fingerprint density at radius 2 is 2.05 bits per heavy atom. The van der Waals surface area contributed by atoms with E-state index in [9.17, 15) is 0 Å². The van der Waals surface area contributed by atoms with Gasteiger partial charge in [0, 0.05) is 21.3 Å². The number of fused-ring (bicyclic) bond motifs is 1. The van der Waals surface area contributed by atoms with Crippen LogP contribution >= 0.6 is 27.3 Å². The van der Waals surface area contributed by atoms with Crippen molar-refractivity contribution in [1.82, 2.24) is 9.97 Å². The first-order chi connectivity index (χ1) is 9.67. The Bertz CT molecular complexity index is 767. The fourth-order valence-electron chi connectivity index (χ4n) is 2.07. The van der Waals surface area contributed by atoms with Crippen LogP contribution in [0.3, 0.4) is 0 Å². The molecule has 1 aromatic carbocycles. The van der Waals surface area contributed by atoms with E-state index in [0.717, 1.165) is 38.4 Å². The monoisotopic (exact) mass is 347 g/mol. The lowest BCUT2D eigenvalue weighted by atomic mass is 10.2. The number of hydrogen-bond donors (Lipinski definition) is 1. The van der Waals surface area contributed by atoms with E-state index < -0.39 is 0 Å². The third-order valence-electron chi connectivity index (χ3n) is 2.96. The summed E-state index contributed by atoms with van der Waals surface area (Å²) >= 11 is 5.22. The number of aryl methyl sites for hydroxylation is 1. The molecule has 3 aromatic rings. The van der Waals surface area contributed by atoms with Crippen molar-refractivity contribution in [2.75, 3.05) is 11.9 Å². The van der Waals surface area contributed by atoms with Gasteiger partial charge in [0.25, 0.3) is 0 Å². The van der Waals surface area contributed by atoms with Gasteiger partial charge in [0.1, 0.15) is 5.82 Å². The highest BCUT2D eigenvalue weighted by molar-refractivity contribution is 9.10. The molecule has 0 aliphatic heterocycles. The summed E-state index contributed by atoms with van der Waals surface area (Å²) in [5.74, 6) is 1.67. The molecule has 0 spiro atoms.